The molecule has 3 amide bonds. The molecule has 0 bridgehead atoms. The van der Waals surface area contributed by atoms with Crippen LogP contribution in [0.5, 0.6) is 0 Å². The van der Waals surface area contributed by atoms with E-state index in [4.69, 9.17) is 0 Å². The highest BCUT2D eigenvalue weighted by Crippen LogP contribution is 2.47. The number of carboxylic acid groups (broad SMARTS) is 1. The number of hydrogen-bond acceptors (Lipinski definition) is 3. The lowest BCUT2D eigenvalue weighted by molar-refractivity contribution is -0.122. The lowest BCUT2D eigenvalue weighted by atomic mass is 9.85. The Labute approximate surface area is 242 Å². The van der Waals surface area contributed by atoms with Crippen LogP contribution < -0.4 is 10.6 Å². The summed E-state index contributed by atoms with van der Waals surface area (Å²) in [6.07, 6.45) is 0.611. The fourth-order valence-electron chi connectivity index (χ4n) is 6.39. The first kappa shape index (κ1) is 27.9. The fraction of sp³-hybridized carbons (Fsp3) is 0.364. The maximum Gasteiger partial charge on any atom is 0.335 e. The SMILES string of the molecule is Cc1c(C(=O)O)cccc1-c1ccc(CNC(=O)C2CC2c2ccccc2)c2c1CCN(C(=O)NC1CC(F)(F)C1)C2. The van der Waals surface area contributed by atoms with Crippen LogP contribution >= 0.6 is 0 Å². The van der Waals surface area contributed by atoms with Gasteiger partial charge in [0.25, 0.3) is 5.92 Å². The number of carbonyl (C=O) groups is 3. The van der Waals surface area contributed by atoms with Crippen LogP contribution in [0.1, 0.15) is 63.4 Å². The average molecular weight is 574 g/mol. The van der Waals surface area contributed by atoms with Crippen LogP contribution in [0.2, 0.25) is 0 Å². The summed E-state index contributed by atoms with van der Waals surface area (Å²) in [4.78, 5) is 39.5. The zero-order valence-electron chi connectivity index (χ0n) is 23.3. The van der Waals surface area contributed by atoms with E-state index in [1.165, 1.54) is 0 Å². The molecule has 1 aliphatic heterocycles. The Morgan fingerprint density at radius 3 is 2.45 bits per heavy atom. The Kier molecular flexibility index (Phi) is 7.20. The maximum atomic E-state index is 13.3. The Morgan fingerprint density at radius 2 is 1.74 bits per heavy atom. The predicted octanol–water partition coefficient (Wildman–Crippen LogP) is 5.65. The molecule has 6 rings (SSSR count). The van der Waals surface area contributed by atoms with E-state index in [1.807, 2.05) is 48.5 Å². The van der Waals surface area contributed by atoms with Crippen LogP contribution in [0.3, 0.4) is 0 Å². The zero-order valence-corrected chi connectivity index (χ0v) is 23.3. The van der Waals surface area contributed by atoms with Gasteiger partial charge in [0, 0.05) is 44.4 Å². The molecule has 218 valence electrons. The third-order valence-electron chi connectivity index (χ3n) is 8.88. The van der Waals surface area contributed by atoms with Crippen LogP contribution in [-0.2, 0) is 24.3 Å². The Balaban J connectivity index is 1.25. The number of alkyl halides is 2. The number of benzene rings is 3. The zero-order chi connectivity index (χ0) is 29.6. The molecule has 1 heterocycles. The monoisotopic (exact) mass is 573 g/mol. The van der Waals surface area contributed by atoms with E-state index in [2.05, 4.69) is 10.6 Å². The molecule has 3 aromatic carbocycles. The molecule has 9 heteroatoms. The van der Waals surface area contributed by atoms with E-state index in [9.17, 15) is 28.3 Å². The smallest absolute Gasteiger partial charge is 0.335 e. The van der Waals surface area contributed by atoms with Gasteiger partial charge in [-0.15, -0.1) is 0 Å². The second-order valence-corrected chi connectivity index (χ2v) is 11.7. The number of amides is 3. The van der Waals surface area contributed by atoms with Gasteiger partial charge in [0.1, 0.15) is 0 Å². The highest BCUT2D eigenvalue weighted by atomic mass is 19.3. The first-order valence-electron chi connectivity index (χ1n) is 14.3. The summed E-state index contributed by atoms with van der Waals surface area (Å²) < 4.78 is 26.7. The number of aromatic carboxylic acids is 1. The van der Waals surface area contributed by atoms with Crippen LogP contribution in [0.25, 0.3) is 11.1 Å². The largest absolute Gasteiger partial charge is 0.478 e. The van der Waals surface area contributed by atoms with Crippen molar-refractivity contribution in [1.29, 1.82) is 0 Å². The standard InChI is InChI=1S/C33H33F2N3O4/c1-19-23(8-5-9-24(19)31(40)41)25-11-10-21(17-36-30(39)28-14-27(28)20-6-3-2-4-7-20)29-18-38(13-12-26(25)29)32(42)37-22-15-33(34,35)16-22/h2-11,22,27-28H,12-18H2,1H3,(H,36,39)(H,37,42)(H,40,41). The highest BCUT2D eigenvalue weighted by molar-refractivity contribution is 5.92. The van der Waals surface area contributed by atoms with Crippen LogP contribution in [0.4, 0.5) is 13.6 Å². The summed E-state index contributed by atoms with van der Waals surface area (Å²) in [6.45, 7) is 2.73. The molecule has 2 aliphatic carbocycles. The number of nitrogens with one attached hydrogen (secondary N) is 2. The average Bonchev–Trinajstić information content (AvgIpc) is 3.76. The minimum absolute atomic E-state index is 0.0111. The predicted molar refractivity (Wildman–Crippen MR) is 153 cm³/mol. The molecular weight excluding hydrogens is 540 g/mol. The maximum absolute atomic E-state index is 13.3. The number of hydrogen-bond donors (Lipinski definition) is 3. The van der Waals surface area contributed by atoms with Gasteiger partial charge in [0.15, 0.2) is 0 Å². The van der Waals surface area contributed by atoms with Crippen LogP contribution in [0.15, 0.2) is 60.7 Å². The quantitative estimate of drug-likeness (QED) is 0.341. The summed E-state index contributed by atoms with van der Waals surface area (Å²) in [5.74, 6) is -3.60. The van der Waals surface area contributed by atoms with Gasteiger partial charge in [0.2, 0.25) is 5.91 Å². The van der Waals surface area contributed by atoms with Gasteiger partial charge >= 0.3 is 12.0 Å². The molecule has 0 aromatic heterocycles. The summed E-state index contributed by atoms with van der Waals surface area (Å²) in [7, 11) is 0. The lowest BCUT2D eigenvalue weighted by Crippen LogP contribution is -2.54. The third-order valence-corrected chi connectivity index (χ3v) is 8.88. The number of halogens is 2. The second-order valence-electron chi connectivity index (χ2n) is 11.7. The van der Waals surface area contributed by atoms with Gasteiger partial charge in [-0.25, -0.2) is 18.4 Å². The third kappa shape index (κ3) is 5.47. The minimum Gasteiger partial charge on any atom is -0.478 e. The van der Waals surface area contributed by atoms with E-state index in [1.54, 1.807) is 24.0 Å². The van der Waals surface area contributed by atoms with E-state index in [0.717, 1.165) is 39.8 Å². The molecule has 2 atom stereocenters. The van der Waals surface area contributed by atoms with Gasteiger partial charge in [0.05, 0.1) is 5.56 Å². The molecule has 0 spiro atoms. The van der Waals surface area contributed by atoms with Crippen LogP contribution in [0, 0.1) is 12.8 Å². The number of fused-ring (bicyclic) bond motifs is 1. The minimum atomic E-state index is -2.73. The summed E-state index contributed by atoms with van der Waals surface area (Å²) in [6, 6.07) is 18.1. The van der Waals surface area contributed by atoms with Gasteiger partial charge in [-0.1, -0.05) is 54.6 Å². The van der Waals surface area contributed by atoms with Crippen molar-refractivity contribution in [3.63, 3.8) is 0 Å². The first-order valence-corrected chi connectivity index (χ1v) is 14.3. The number of rotatable bonds is 7. The van der Waals surface area contributed by atoms with Crippen molar-refractivity contribution in [3.8, 4) is 11.1 Å². The number of nitrogens with zero attached hydrogens (tertiary/aromatic N) is 1. The first-order chi connectivity index (χ1) is 20.1. The van der Waals surface area contributed by atoms with Crippen molar-refractivity contribution in [2.45, 2.75) is 63.6 Å². The summed E-state index contributed by atoms with van der Waals surface area (Å²) in [5, 5.41) is 15.5. The summed E-state index contributed by atoms with van der Waals surface area (Å²) >= 11 is 0. The number of carbonyl (C=O) groups excluding carboxylic acids is 2. The molecular formula is C33H33F2N3O4. The van der Waals surface area contributed by atoms with Gasteiger partial charge in [-0.3, -0.25) is 4.79 Å². The molecule has 3 aliphatic rings. The van der Waals surface area contributed by atoms with Gasteiger partial charge < -0.3 is 20.6 Å². The molecule has 0 radical (unpaired) electrons. The number of urea groups is 1. The normalized spacial score (nSPS) is 20.7. The Hall–Kier alpha value is -4.27. The van der Waals surface area contributed by atoms with E-state index >= 15 is 0 Å². The Bertz CT molecular complexity index is 1550. The molecule has 42 heavy (non-hydrogen) atoms. The Morgan fingerprint density at radius 1 is 0.976 bits per heavy atom. The lowest BCUT2D eigenvalue weighted by Gasteiger charge is -2.38. The van der Waals surface area contributed by atoms with Crippen molar-refractivity contribution < 1.29 is 28.3 Å². The number of carboxylic acids is 1. The van der Waals surface area contributed by atoms with Crippen molar-refractivity contribution in [2.75, 3.05) is 6.54 Å². The topological polar surface area (TPSA) is 98.7 Å². The highest BCUT2D eigenvalue weighted by Gasteiger charge is 2.46. The fourth-order valence-corrected chi connectivity index (χ4v) is 6.39. The molecule has 3 N–H and O–H groups in total. The second kappa shape index (κ2) is 10.9. The summed E-state index contributed by atoms with van der Waals surface area (Å²) in [5.41, 5.74) is 6.50. The molecule has 2 fully saturated rings. The van der Waals surface area contributed by atoms with E-state index in [-0.39, 0.29) is 55.3 Å². The molecule has 0 saturated heterocycles. The van der Waals surface area contributed by atoms with Gasteiger partial charge in [-0.2, -0.15) is 0 Å². The van der Waals surface area contributed by atoms with Gasteiger partial charge in [-0.05, 0) is 70.7 Å². The molecule has 7 nitrogen and oxygen atoms in total. The van der Waals surface area contributed by atoms with Crippen molar-refractivity contribution in [2.24, 2.45) is 5.92 Å². The van der Waals surface area contributed by atoms with Crippen LogP contribution in [-0.4, -0.2) is 46.4 Å². The molecule has 3 aromatic rings. The van der Waals surface area contributed by atoms with E-state index in [0.29, 0.717) is 18.5 Å². The van der Waals surface area contributed by atoms with Crippen molar-refractivity contribution >= 4 is 17.9 Å². The van der Waals surface area contributed by atoms with Crippen molar-refractivity contribution in [3.05, 3.63) is 94.0 Å². The molecule has 2 saturated carbocycles. The van der Waals surface area contributed by atoms with Crippen molar-refractivity contribution in [1.82, 2.24) is 15.5 Å². The van der Waals surface area contributed by atoms with E-state index < -0.39 is 17.9 Å². The molecule has 2 unspecified atom stereocenters.